The van der Waals surface area contributed by atoms with E-state index in [1.54, 1.807) is 12.1 Å². The second kappa shape index (κ2) is 12.7. The molecule has 1 aromatic heterocycles. The molecule has 14 heteroatoms. The van der Waals surface area contributed by atoms with Crippen LogP contribution in [0.4, 0.5) is 32.0 Å². The van der Waals surface area contributed by atoms with E-state index in [0.717, 1.165) is 16.7 Å². The van der Waals surface area contributed by atoms with Gasteiger partial charge in [-0.2, -0.15) is 26.3 Å². The highest BCUT2D eigenvalue weighted by Crippen LogP contribution is 2.53. The van der Waals surface area contributed by atoms with Crippen molar-refractivity contribution in [3.63, 3.8) is 0 Å². The molecule has 0 radical (unpaired) electrons. The number of benzene rings is 1. The van der Waals surface area contributed by atoms with Crippen molar-refractivity contribution in [1.29, 1.82) is 0 Å². The Bertz CT molecular complexity index is 1530. The molecule has 3 heterocycles. The van der Waals surface area contributed by atoms with Crippen LogP contribution in [0.25, 0.3) is 6.08 Å². The lowest BCUT2D eigenvalue weighted by molar-refractivity contribution is -0.143. The lowest BCUT2D eigenvalue weighted by Crippen LogP contribution is -2.46. The molecule has 0 unspecified atom stereocenters. The van der Waals surface area contributed by atoms with Gasteiger partial charge in [-0.05, 0) is 85.8 Å². The number of hydrogen-bond acceptors (Lipinski definition) is 6. The summed E-state index contributed by atoms with van der Waals surface area (Å²) in [6.07, 6.45) is -7.50. The molecule has 0 saturated carbocycles. The number of nitrogens with zero attached hydrogens (tertiary/aromatic N) is 1. The highest BCUT2D eigenvalue weighted by Gasteiger charge is 2.58. The number of anilines is 1. The number of hydrogen-bond donors (Lipinski definition) is 2. The maximum atomic E-state index is 13.9. The highest BCUT2D eigenvalue weighted by molar-refractivity contribution is 6.43. The van der Waals surface area contributed by atoms with Crippen molar-refractivity contribution < 1.29 is 55.1 Å². The van der Waals surface area contributed by atoms with Gasteiger partial charge in [0.1, 0.15) is 18.1 Å². The zero-order valence-corrected chi connectivity index (χ0v) is 25.4. The van der Waals surface area contributed by atoms with Crippen molar-refractivity contribution >= 4 is 30.7 Å². The van der Waals surface area contributed by atoms with Crippen LogP contribution in [0.3, 0.4) is 0 Å². The normalized spacial score (nSPS) is 24.3. The second-order valence-electron chi connectivity index (χ2n) is 12.3. The Morgan fingerprint density at radius 1 is 1.04 bits per heavy atom. The van der Waals surface area contributed by atoms with Crippen LogP contribution in [0.15, 0.2) is 51.5 Å². The summed E-state index contributed by atoms with van der Waals surface area (Å²) in [6.45, 7) is 5.52. The summed E-state index contributed by atoms with van der Waals surface area (Å²) in [5, 5.41) is 20.1. The second-order valence-corrected chi connectivity index (χ2v) is 12.3. The van der Waals surface area contributed by atoms with Gasteiger partial charge in [0.15, 0.2) is 0 Å². The van der Waals surface area contributed by atoms with Crippen LogP contribution < -0.4 is 4.90 Å². The molecule has 2 saturated heterocycles. The zero-order chi connectivity index (χ0) is 33.7. The number of alkyl halides is 6. The lowest BCUT2D eigenvalue weighted by Gasteiger charge is -2.44. The average molecular weight is 653 g/mol. The number of allylic oxidation sites excluding steroid dienone is 2. The highest BCUT2D eigenvalue weighted by atomic mass is 19.4. The van der Waals surface area contributed by atoms with Gasteiger partial charge in [0.05, 0.1) is 34.8 Å². The maximum Gasteiger partial charge on any atom is 0.455 e. The van der Waals surface area contributed by atoms with E-state index in [9.17, 15) is 46.1 Å². The molecule has 2 aliphatic heterocycles. The molecule has 0 bridgehead atoms. The third-order valence-electron chi connectivity index (χ3n) is 9.14. The first-order valence-corrected chi connectivity index (χ1v) is 15.2. The Morgan fingerprint density at radius 2 is 1.70 bits per heavy atom. The molecule has 248 valence electrons. The fraction of sp³-hybridized carbons (Fsp3) is 0.500. The van der Waals surface area contributed by atoms with Crippen molar-refractivity contribution in [2.75, 3.05) is 4.90 Å². The van der Waals surface area contributed by atoms with Crippen LogP contribution in [-0.4, -0.2) is 35.2 Å². The Labute approximate surface area is 262 Å². The summed E-state index contributed by atoms with van der Waals surface area (Å²) in [7, 11) is -1.31. The number of fused-ring (bicyclic) bond motifs is 3. The minimum Gasteiger partial charge on any atom is -0.459 e. The van der Waals surface area contributed by atoms with Crippen LogP contribution in [0.5, 0.6) is 0 Å². The smallest absolute Gasteiger partial charge is 0.455 e. The number of imide groups is 1. The van der Waals surface area contributed by atoms with E-state index >= 15 is 0 Å². The lowest BCUT2D eigenvalue weighted by atomic mass is 9.57. The van der Waals surface area contributed by atoms with E-state index in [0.29, 0.717) is 47.8 Å². The van der Waals surface area contributed by atoms with E-state index in [2.05, 4.69) is 0 Å². The molecular weight excluding hydrogens is 619 g/mol. The van der Waals surface area contributed by atoms with Gasteiger partial charge in [-0.15, -0.1) is 0 Å². The molecule has 0 spiro atoms. The fourth-order valence-electron chi connectivity index (χ4n) is 7.00. The quantitative estimate of drug-likeness (QED) is 0.137. The summed E-state index contributed by atoms with van der Waals surface area (Å²) in [5.41, 5.74) is -1.48. The maximum absolute atomic E-state index is 13.9. The third-order valence-corrected chi connectivity index (χ3v) is 9.14. The topological polar surface area (TPSA) is 100 Å². The van der Waals surface area contributed by atoms with E-state index in [1.165, 1.54) is 0 Å². The van der Waals surface area contributed by atoms with Gasteiger partial charge in [0, 0.05) is 0 Å². The predicted molar refractivity (Wildman–Crippen MR) is 156 cm³/mol. The first-order valence-electron chi connectivity index (χ1n) is 15.2. The first kappa shape index (κ1) is 34.0. The third kappa shape index (κ3) is 6.56. The number of carbonyl (C=O) groups excluding carboxylic acids is 2. The van der Waals surface area contributed by atoms with Crippen LogP contribution in [-0.2, 0) is 33.2 Å². The zero-order valence-electron chi connectivity index (χ0n) is 25.4. The molecule has 3 aliphatic rings. The van der Waals surface area contributed by atoms with Crippen molar-refractivity contribution in [3.8, 4) is 0 Å². The summed E-state index contributed by atoms with van der Waals surface area (Å²) < 4.78 is 93.3. The summed E-state index contributed by atoms with van der Waals surface area (Å²) in [4.78, 5) is 28.1. The Morgan fingerprint density at radius 3 is 2.24 bits per heavy atom. The minimum atomic E-state index is -5.16. The molecule has 2 amide bonds. The van der Waals surface area contributed by atoms with Gasteiger partial charge in [0.25, 0.3) is 0 Å². The molecule has 2 fully saturated rings. The molecule has 1 aliphatic carbocycles. The minimum absolute atomic E-state index is 0.0476. The standard InChI is InChI=1S/C32H34BF6NO6/c1-4-17(9-21-6-7-22(15-41)45-21)5-8-26-27-23(16(2)3)13-24-28(25(27)14-33(44)46-26)30(43)40(29(24)42)20-11-18(31(34,35)36)10-19(12-20)32(37,38)39/h6-7,9-12,16,24-26,28,41,44H,4-5,8,13-15H2,1-3H3/b17-9+/t24-,25+,26-,28-/m1/s1. The van der Waals surface area contributed by atoms with Crippen molar-refractivity contribution in [3.05, 3.63) is 69.7 Å². The molecule has 5 rings (SSSR count). The Kier molecular flexibility index (Phi) is 9.37. The predicted octanol–water partition coefficient (Wildman–Crippen LogP) is 7.04. The van der Waals surface area contributed by atoms with Gasteiger partial charge in [-0.25, -0.2) is 4.90 Å². The molecule has 2 aromatic rings. The van der Waals surface area contributed by atoms with Gasteiger partial charge < -0.3 is 19.2 Å². The number of furan rings is 1. The van der Waals surface area contributed by atoms with E-state index in [-0.39, 0.29) is 31.3 Å². The number of carbonyl (C=O) groups is 2. The molecule has 4 atom stereocenters. The first-order chi connectivity index (χ1) is 21.5. The van der Waals surface area contributed by atoms with Crippen LogP contribution >= 0.6 is 0 Å². The van der Waals surface area contributed by atoms with Crippen molar-refractivity contribution in [2.24, 2.45) is 23.7 Å². The van der Waals surface area contributed by atoms with Crippen molar-refractivity contribution in [2.45, 2.75) is 77.8 Å². The van der Waals surface area contributed by atoms with Gasteiger partial charge >= 0.3 is 19.5 Å². The fourth-order valence-corrected chi connectivity index (χ4v) is 7.00. The number of rotatable bonds is 8. The molecular formula is C32H34BF6NO6. The number of aliphatic hydroxyl groups is 1. The van der Waals surface area contributed by atoms with Crippen LogP contribution in [0, 0.1) is 23.7 Å². The van der Waals surface area contributed by atoms with Crippen LogP contribution in [0.2, 0.25) is 6.32 Å². The van der Waals surface area contributed by atoms with E-state index in [4.69, 9.17) is 9.07 Å². The van der Waals surface area contributed by atoms with Crippen LogP contribution in [0.1, 0.15) is 69.1 Å². The molecule has 46 heavy (non-hydrogen) atoms. The largest absolute Gasteiger partial charge is 0.459 e. The van der Waals surface area contributed by atoms with E-state index < -0.39 is 72.0 Å². The van der Waals surface area contributed by atoms with Gasteiger partial charge in [-0.1, -0.05) is 31.9 Å². The molecule has 2 N–H and O–H groups in total. The van der Waals surface area contributed by atoms with Gasteiger partial charge in [-0.3, -0.25) is 9.59 Å². The number of halogens is 6. The number of aliphatic hydroxyl groups excluding tert-OH is 1. The summed E-state index contributed by atoms with van der Waals surface area (Å²) in [6, 6.07) is 4.13. The monoisotopic (exact) mass is 653 g/mol. The summed E-state index contributed by atoms with van der Waals surface area (Å²) >= 11 is 0. The van der Waals surface area contributed by atoms with E-state index in [1.807, 2.05) is 26.8 Å². The molecule has 1 aromatic carbocycles. The van der Waals surface area contributed by atoms with Crippen molar-refractivity contribution in [1.82, 2.24) is 0 Å². The Hall–Kier alpha value is -3.36. The number of amides is 2. The SMILES string of the molecule is CC/C(=C\c1ccc(CO)o1)CC[C@H]1OB(O)C[C@H]2C1=C(C(C)C)C[C@H]1C(=O)N(c3cc(C(F)(F)F)cc(C(F)(F)F)c3)C(=O)[C@H]12. The van der Waals surface area contributed by atoms with Gasteiger partial charge in [0.2, 0.25) is 11.8 Å². The molecule has 7 nitrogen and oxygen atoms in total. The summed E-state index contributed by atoms with van der Waals surface area (Å²) in [5.74, 6) is -3.72. The Balaban J connectivity index is 1.49. The average Bonchev–Trinajstić information content (AvgIpc) is 3.54.